The molecule has 0 aliphatic carbocycles. The number of hydrogen-bond acceptors (Lipinski definition) is 4. The van der Waals surface area contributed by atoms with Gasteiger partial charge < -0.3 is 14.8 Å². The average Bonchev–Trinajstić information content (AvgIpc) is 2.68. The number of aromatic nitrogens is 1. The summed E-state index contributed by atoms with van der Waals surface area (Å²) >= 11 is 0. The number of ether oxygens (including phenoxy) is 2. The standard InChI is InChI=1S/C22H21FN2O3/c1-3-13-27-18-5-4-6-19(14-18)28-17-9-7-16(8-10-17)25-22(26)20-11-12-21(23)24-15(20)2/h4-12,14H,3,13H2,1-2H3,(H,25,26). The monoisotopic (exact) mass is 380 g/mol. The van der Waals surface area contributed by atoms with Gasteiger partial charge in [0.25, 0.3) is 5.91 Å². The minimum absolute atomic E-state index is 0.325. The highest BCUT2D eigenvalue weighted by atomic mass is 19.1. The van der Waals surface area contributed by atoms with E-state index in [4.69, 9.17) is 9.47 Å². The lowest BCUT2D eigenvalue weighted by Gasteiger charge is -2.10. The summed E-state index contributed by atoms with van der Waals surface area (Å²) < 4.78 is 24.5. The molecule has 6 heteroatoms. The SMILES string of the molecule is CCCOc1cccc(Oc2ccc(NC(=O)c3ccc(F)nc3C)cc2)c1. The van der Waals surface area contributed by atoms with Crippen LogP contribution in [0.2, 0.25) is 0 Å². The predicted molar refractivity (Wildman–Crippen MR) is 106 cm³/mol. The zero-order chi connectivity index (χ0) is 19.9. The quantitative estimate of drug-likeness (QED) is 0.560. The maximum absolute atomic E-state index is 13.1. The maximum Gasteiger partial charge on any atom is 0.257 e. The van der Waals surface area contributed by atoms with Crippen LogP contribution >= 0.6 is 0 Å². The molecule has 1 aromatic heterocycles. The van der Waals surface area contributed by atoms with Gasteiger partial charge >= 0.3 is 0 Å². The predicted octanol–water partition coefficient (Wildman–Crippen LogP) is 5.36. The molecule has 1 heterocycles. The second kappa shape index (κ2) is 8.99. The van der Waals surface area contributed by atoms with Crippen LogP contribution in [0.25, 0.3) is 0 Å². The van der Waals surface area contributed by atoms with E-state index in [2.05, 4.69) is 17.2 Å². The number of aryl methyl sites for hydroxylation is 1. The molecule has 0 radical (unpaired) electrons. The molecule has 144 valence electrons. The van der Waals surface area contributed by atoms with Crippen LogP contribution in [-0.2, 0) is 0 Å². The van der Waals surface area contributed by atoms with Crippen molar-refractivity contribution in [2.75, 3.05) is 11.9 Å². The number of nitrogens with one attached hydrogen (secondary N) is 1. The lowest BCUT2D eigenvalue weighted by atomic mass is 10.2. The molecular formula is C22H21FN2O3. The highest BCUT2D eigenvalue weighted by Gasteiger charge is 2.11. The third-order valence-corrected chi connectivity index (χ3v) is 3.92. The lowest BCUT2D eigenvalue weighted by Crippen LogP contribution is -2.14. The summed E-state index contributed by atoms with van der Waals surface area (Å²) in [6, 6.07) is 17.0. The van der Waals surface area contributed by atoms with Gasteiger partial charge in [-0.15, -0.1) is 0 Å². The fourth-order valence-corrected chi connectivity index (χ4v) is 2.56. The van der Waals surface area contributed by atoms with Gasteiger partial charge in [-0.1, -0.05) is 13.0 Å². The first-order valence-electron chi connectivity index (χ1n) is 9.00. The Hall–Kier alpha value is -3.41. The Bertz CT molecular complexity index is 958. The molecule has 0 aliphatic heterocycles. The van der Waals surface area contributed by atoms with Crippen LogP contribution in [0.1, 0.15) is 29.4 Å². The molecule has 0 unspecified atom stereocenters. The molecule has 0 atom stereocenters. The Balaban J connectivity index is 1.64. The summed E-state index contributed by atoms with van der Waals surface area (Å²) in [6.45, 7) is 4.29. The van der Waals surface area contributed by atoms with Crippen LogP contribution in [0.4, 0.5) is 10.1 Å². The molecule has 3 aromatic rings. The molecule has 1 amide bonds. The number of halogens is 1. The van der Waals surface area contributed by atoms with Crippen molar-refractivity contribution in [3.05, 3.63) is 77.9 Å². The number of carbonyl (C=O) groups excluding carboxylic acids is 1. The minimum Gasteiger partial charge on any atom is -0.493 e. The van der Waals surface area contributed by atoms with Crippen LogP contribution < -0.4 is 14.8 Å². The van der Waals surface area contributed by atoms with E-state index in [-0.39, 0.29) is 5.91 Å². The largest absolute Gasteiger partial charge is 0.493 e. The molecule has 0 saturated carbocycles. The number of benzene rings is 2. The zero-order valence-corrected chi connectivity index (χ0v) is 15.7. The van der Waals surface area contributed by atoms with Crippen molar-refractivity contribution in [1.82, 2.24) is 4.98 Å². The third-order valence-electron chi connectivity index (χ3n) is 3.92. The Morgan fingerprint density at radius 2 is 1.79 bits per heavy atom. The number of hydrogen-bond donors (Lipinski definition) is 1. The van der Waals surface area contributed by atoms with Crippen LogP contribution in [0.3, 0.4) is 0 Å². The minimum atomic E-state index is -0.611. The fraction of sp³-hybridized carbons (Fsp3) is 0.182. The Morgan fingerprint density at radius 1 is 1.04 bits per heavy atom. The molecule has 2 aromatic carbocycles. The van der Waals surface area contributed by atoms with E-state index in [1.807, 2.05) is 24.3 Å². The van der Waals surface area contributed by atoms with E-state index in [1.54, 1.807) is 31.2 Å². The van der Waals surface area contributed by atoms with Gasteiger partial charge in [0.2, 0.25) is 5.95 Å². The van der Waals surface area contributed by atoms with Crippen molar-refractivity contribution in [1.29, 1.82) is 0 Å². The van der Waals surface area contributed by atoms with Gasteiger partial charge in [-0.05, 0) is 61.9 Å². The number of rotatable bonds is 7. The summed E-state index contributed by atoms with van der Waals surface area (Å²) in [5.74, 6) is 1.09. The van der Waals surface area contributed by atoms with Gasteiger partial charge in [0.15, 0.2) is 0 Å². The average molecular weight is 380 g/mol. The molecule has 0 saturated heterocycles. The van der Waals surface area contributed by atoms with Gasteiger partial charge in [0.05, 0.1) is 17.9 Å². The fourth-order valence-electron chi connectivity index (χ4n) is 2.56. The summed E-state index contributed by atoms with van der Waals surface area (Å²) in [5, 5.41) is 2.76. The molecule has 3 rings (SSSR count). The normalized spacial score (nSPS) is 10.4. The zero-order valence-electron chi connectivity index (χ0n) is 15.7. The van der Waals surface area contributed by atoms with Gasteiger partial charge in [-0.3, -0.25) is 4.79 Å². The second-order valence-corrected chi connectivity index (χ2v) is 6.17. The Morgan fingerprint density at radius 3 is 2.50 bits per heavy atom. The van der Waals surface area contributed by atoms with Gasteiger partial charge in [-0.2, -0.15) is 4.39 Å². The highest BCUT2D eigenvalue weighted by Crippen LogP contribution is 2.26. The van der Waals surface area contributed by atoms with Crippen molar-refractivity contribution in [3.8, 4) is 17.2 Å². The van der Waals surface area contributed by atoms with Crippen LogP contribution in [-0.4, -0.2) is 17.5 Å². The molecule has 0 spiro atoms. The smallest absolute Gasteiger partial charge is 0.257 e. The van der Waals surface area contributed by atoms with E-state index in [0.29, 0.717) is 35.1 Å². The molecule has 0 aliphatic rings. The second-order valence-electron chi connectivity index (χ2n) is 6.17. The van der Waals surface area contributed by atoms with E-state index < -0.39 is 5.95 Å². The van der Waals surface area contributed by atoms with Gasteiger partial charge in [0, 0.05) is 11.8 Å². The van der Waals surface area contributed by atoms with E-state index in [0.717, 1.165) is 18.2 Å². The summed E-state index contributed by atoms with van der Waals surface area (Å²) in [4.78, 5) is 16.0. The van der Waals surface area contributed by atoms with Gasteiger partial charge in [0.1, 0.15) is 17.2 Å². The number of pyridine rings is 1. The molecule has 28 heavy (non-hydrogen) atoms. The third kappa shape index (κ3) is 5.07. The lowest BCUT2D eigenvalue weighted by molar-refractivity contribution is 0.102. The van der Waals surface area contributed by atoms with Crippen molar-refractivity contribution in [2.24, 2.45) is 0 Å². The first-order chi connectivity index (χ1) is 13.5. The first-order valence-corrected chi connectivity index (χ1v) is 9.00. The maximum atomic E-state index is 13.1. The molecule has 5 nitrogen and oxygen atoms in total. The molecule has 1 N–H and O–H groups in total. The number of nitrogens with zero attached hydrogens (tertiary/aromatic N) is 1. The van der Waals surface area contributed by atoms with Gasteiger partial charge in [-0.25, -0.2) is 4.98 Å². The molecular weight excluding hydrogens is 359 g/mol. The van der Waals surface area contributed by atoms with E-state index in [1.165, 1.54) is 6.07 Å². The molecule has 0 fully saturated rings. The van der Waals surface area contributed by atoms with Crippen molar-refractivity contribution >= 4 is 11.6 Å². The number of carbonyl (C=O) groups is 1. The molecule has 0 bridgehead atoms. The van der Waals surface area contributed by atoms with Crippen molar-refractivity contribution in [2.45, 2.75) is 20.3 Å². The highest BCUT2D eigenvalue weighted by molar-refractivity contribution is 6.04. The van der Waals surface area contributed by atoms with Crippen LogP contribution in [0.5, 0.6) is 17.2 Å². The van der Waals surface area contributed by atoms with Crippen molar-refractivity contribution in [3.63, 3.8) is 0 Å². The van der Waals surface area contributed by atoms with E-state index in [9.17, 15) is 9.18 Å². The summed E-state index contributed by atoms with van der Waals surface area (Å²) in [5.41, 5.74) is 1.26. The number of anilines is 1. The first kappa shape index (κ1) is 19.4. The summed E-state index contributed by atoms with van der Waals surface area (Å²) in [7, 11) is 0. The number of amides is 1. The summed E-state index contributed by atoms with van der Waals surface area (Å²) in [6.07, 6.45) is 0.936. The van der Waals surface area contributed by atoms with Crippen LogP contribution in [0, 0.1) is 12.9 Å². The topological polar surface area (TPSA) is 60.5 Å². The van der Waals surface area contributed by atoms with Crippen molar-refractivity contribution < 1.29 is 18.7 Å². The van der Waals surface area contributed by atoms with Crippen LogP contribution in [0.15, 0.2) is 60.7 Å². The van der Waals surface area contributed by atoms with E-state index >= 15 is 0 Å². The Kier molecular flexibility index (Phi) is 6.22. The Labute approximate surface area is 163 Å².